The highest BCUT2D eigenvalue weighted by Crippen LogP contribution is 2.35. The first-order valence-electron chi connectivity index (χ1n) is 11.6. The minimum Gasteiger partial charge on any atom is -0.459 e. The number of nitrogens with zero attached hydrogens (tertiary/aromatic N) is 2. The molecule has 206 valence electrons. The second-order valence-corrected chi connectivity index (χ2v) is 10.3. The summed E-state index contributed by atoms with van der Waals surface area (Å²) in [4.78, 5) is 13.0. The number of ether oxygens (including phenoxy) is 3. The molecule has 0 amide bonds. The Balaban J connectivity index is 0.00000612. The van der Waals surface area contributed by atoms with Crippen molar-refractivity contribution in [1.82, 2.24) is 14.7 Å². The highest BCUT2D eigenvalue weighted by atomic mass is 32.2. The molecule has 0 saturated carbocycles. The maximum absolute atomic E-state index is 13.0. The Morgan fingerprint density at radius 3 is 2.43 bits per heavy atom. The third-order valence-corrected chi connectivity index (χ3v) is 6.38. The van der Waals surface area contributed by atoms with Crippen molar-refractivity contribution in [1.29, 1.82) is 0 Å². The maximum Gasteiger partial charge on any atom is 0.405 e. The first kappa shape index (κ1) is 32.3. The SMILES string of the molecule is CN(SON1CCC(OCC/C=C/NCC(F)(F)F)CC1)C1(C(=O)OC(C)(C)C)CCOCC1.S. The van der Waals surface area contributed by atoms with Gasteiger partial charge < -0.3 is 19.5 Å². The fraction of sp³-hybridized carbons (Fsp3) is 0.864. The lowest BCUT2D eigenvalue weighted by molar-refractivity contribution is -0.172. The van der Waals surface area contributed by atoms with Gasteiger partial charge in [0.2, 0.25) is 0 Å². The van der Waals surface area contributed by atoms with Gasteiger partial charge in [-0.3, -0.25) is 0 Å². The van der Waals surface area contributed by atoms with Crippen LogP contribution in [0.4, 0.5) is 13.2 Å². The standard InChI is InChI=1S/C22H38F3N3O5S.H2S/c1-20(2,3)32-19(29)21(9-15-30-16-10-21)27(4)34-33-28-12-7-18(8-13-28)31-14-6-5-11-26-17-22(23,24)25;/h5,11,18,26H,6-10,12-17H2,1-4H3;1H2/b11-5+;. The summed E-state index contributed by atoms with van der Waals surface area (Å²) in [5, 5.41) is 4.06. The van der Waals surface area contributed by atoms with Gasteiger partial charge in [-0.05, 0) is 46.2 Å². The molecule has 0 aromatic heterocycles. The van der Waals surface area contributed by atoms with E-state index in [1.807, 2.05) is 37.2 Å². The molecule has 2 saturated heterocycles. The average Bonchev–Trinajstić information content (AvgIpc) is 2.76. The highest BCUT2D eigenvalue weighted by Gasteiger charge is 2.47. The Labute approximate surface area is 217 Å². The fourth-order valence-corrected chi connectivity index (χ4v) is 4.36. The fourth-order valence-electron chi connectivity index (χ4n) is 3.62. The molecule has 2 fully saturated rings. The normalized spacial score (nSPS) is 20.1. The van der Waals surface area contributed by atoms with Crippen LogP contribution in [0.2, 0.25) is 0 Å². The molecule has 35 heavy (non-hydrogen) atoms. The lowest BCUT2D eigenvalue weighted by Crippen LogP contribution is -2.56. The van der Waals surface area contributed by atoms with Crippen LogP contribution in [0.25, 0.3) is 0 Å². The summed E-state index contributed by atoms with van der Waals surface area (Å²) in [6, 6.07) is 0. The Bertz CT molecular complexity index is 651. The Morgan fingerprint density at radius 2 is 1.86 bits per heavy atom. The average molecular weight is 548 g/mol. The van der Waals surface area contributed by atoms with Crippen LogP contribution in [0.3, 0.4) is 0 Å². The zero-order valence-electron chi connectivity index (χ0n) is 21.0. The van der Waals surface area contributed by atoms with E-state index >= 15 is 0 Å². The number of hydrogen-bond donors (Lipinski definition) is 1. The lowest BCUT2D eigenvalue weighted by atomic mass is 9.90. The largest absolute Gasteiger partial charge is 0.459 e. The van der Waals surface area contributed by atoms with Crippen molar-refractivity contribution < 1.29 is 36.5 Å². The predicted molar refractivity (Wildman–Crippen MR) is 134 cm³/mol. The molecule has 0 unspecified atom stereocenters. The first-order chi connectivity index (χ1) is 15.9. The molecule has 2 heterocycles. The van der Waals surface area contributed by atoms with E-state index in [1.165, 1.54) is 6.20 Å². The smallest absolute Gasteiger partial charge is 0.405 e. The molecule has 0 atom stereocenters. The summed E-state index contributed by atoms with van der Waals surface area (Å²) < 4.78 is 60.9. The Morgan fingerprint density at radius 1 is 1.23 bits per heavy atom. The van der Waals surface area contributed by atoms with Crippen molar-refractivity contribution >= 4 is 31.7 Å². The van der Waals surface area contributed by atoms with Crippen LogP contribution in [0.1, 0.15) is 52.9 Å². The van der Waals surface area contributed by atoms with E-state index in [9.17, 15) is 18.0 Å². The number of hydrogen-bond acceptors (Lipinski definition) is 9. The van der Waals surface area contributed by atoms with Gasteiger partial charge in [-0.15, -0.1) is 0 Å². The number of alkyl halides is 3. The van der Waals surface area contributed by atoms with Crippen molar-refractivity contribution in [3.8, 4) is 0 Å². The quantitative estimate of drug-likeness (QED) is 0.179. The van der Waals surface area contributed by atoms with Crippen molar-refractivity contribution in [2.24, 2.45) is 0 Å². The van der Waals surface area contributed by atoms with Gasteiger partial charge in [0, 0.05) is 46.2 Å². The number of halogens is 3. The number of piperidine rings is 1. The second kappa shape index (κ2) is 14.9. The van der Waals surface area contributed by atoms with Crippen LogP contribution in [0, 0.1) is 0 Å². The summed E-state index contributed by atoms with van der Waals surface area (Å²) in [5.41, 5.74) is -1.38. The summed E-state index contributed by atoms with van der Waals surface area (Å²) in [6.45, 7) is 7.31. The maximum atomic E-state index is 13.0. The second-order valence-electron chi connectivity index (χ2n) is 9.48. The minimum absolute atomic E-state index is 0. The molecule has 0 radical (unpaired) electrons. The van der Waals surface area contributed by atoms with Gasteiger partial charge in [0.25, 0.3) is 0 Å². The molecule has 0 aromatic rings. The van der Waals surface area contributed by atoms with Crippen LogP contribution in [0.5, 0.6) is 0 Å². The number of hydroxylamine groups is 2. The number of likely N-dealkylation sites (N-methyl/N-ethyl adjacent to an activating group) is 1. The topological polar surface area (TPSA) is 72.5 Å². The molecular formula is C22H40F3N3O5S2. The third-order valence-electron chi connectivity index (χ3n) is 5.53. The zero-order valence-corrected chi connectivity index (χ0v) is 22.8. The lowest BCUT2D eigenvalue weighted by Gasteiger charge is -2.42. The van der Waals surface area contributed by atoms with Gasteiger partial charge in [-0.2, -0.15) is 31.7 Å². The van der Waals surface area contributed by atoms with Crippen LogP contribution in [-0.4, -0.2) is 85.3 Å². The van der Waals surface area contributed by atoms with Crippen molar-refractivity contribution in [2.45, 2.75) is 76.3 Å². The van der Waals surface area contributed by atoms with Crippen LogP contribution in [0.15, 0.2) is 12.3 Å². The van der Waals surface area contributed by atoms with Gasteiger partial charge in [-0.25, -0.2) is 13.4 Å². The number of rotatable bonds is 11. The van der Waals surface area contributed by atoms with Gasteiger partial charge in [0.1, 0.15) is 29.9 Å². The highest BCUT2D eigenvalue weighted by molar-refractivity contribution is 7.92. The molecule has 0 bridgehead atoms. The van der Waals surface area contributed by atoms with Crippen LogP contribution in [-0.2, 0) is 23.3 Å². The summed E-state index contributed by atoms with van der Waals surface area (Å²) >= 11 is 1.14. The van der Waals surface area contributed by atoms with Gasteiger partial charge in [0.15, 0.2) is 0 Å². The molecule has 13 heteroatoms. The van der Waals surface area contributed by atoms with Gasteiger partial charge in [0.05, 0.1) is 12.7 Å². The monoisotopic (exact) mass is 547 g/mol. The zero-order chi connectivity index (χ0) is 25.2. The van der Waals surface area contributed by atoms with E-state index in [4.69, 9.17) is 18.5 Å². The molecule has 2 rings (SSSR count). The summed E-state index contributed by atoms with van der Waals surface area (Å²) in [5.74, 6) is -0.267. The Kier molecular flexibility index (Phi) is 13.8. The molecule has 2 aliphatic rings. The van der Waals surface area contributed by atoms with Crippen LogP contribution >= 0.6 is 25.7 Å². The number of nitrogens with one attached hydrogen (secondary N) is 1. The first-order valence-corrected chi connectivity index (χ1v) is 12.3. The third kappa shape index (κ3) is 11.9. The number of carbonyl (C=O) groups is 1. The van der Waals surface area contributed by atoms with Gasteiger partial charge >= 0.3 is 12.1 Å². The van der Waals surface area contributed by atoms with Crippen molar-refractivity contribution in [3.05, 3.63) is 12.3 Å². The minimum atomic E-state index is -4.22. The molecule has 8 nitrogen and oxygen atoms in total. The van der Waals surface area contributed by atoms with E-state index in [0.717, 1.165) is 25.1 Å². The van der Waals surface area contributed by atoms with E-state index in [-0.39, 0.29) is 25.6 Å². The molecule has 0 spiro atoms. The van der Waals surface area contributed by atoms with E-state index < -0.39 is 23.9 Å². The Hall–Kier alpha value is -0.700. The van der Waals surface area contributed by atoms with Crippen LogP contribution < -0.4 is 5.32 Å². The molecule has 1 N–H and O–H groups in total. The van der Waals surface area contributed by atoms with E-state index in [0.29, 0.717) is 52.2 Å². The van der Waals surface area contributed by atoms with Crippen molar-refractivity contribution in [2.75, 3.05) is 46.5 Å². The van der Waals surface area contributed by atoms with Crippen molar-refractivity contribution in [3.63, 3.8) is 0 Å². The molecule has 0 aromatic carbocycles. The number of esters is 1. The summed E-state index contributed by atoms with van der Waals surface area (Å²) in [6.07, 6.45) is 1.98. The van der Waals surface area contributed by atoms with E-state index in [2.05, 4.69) is 5.32 Å². The summed E-state index contributed by atoms with van der Waals surface area (Å²) in [7, 11) is 1.84. The van der Waals surface area contributed by atoms with Gasteiger partial charge in [-0.1, -0.05) is 6.08 Å². The number of carbonyl (C=O) groups excluding carboxylic acids is 1. The molecule has 2 aliphatic heterocycles. The predicted octanol–water partition coefficient (Wildman–Crippen LogP) is 3.95. The molecular weight excluding hydrogens is 507 g/mol. The molecule has 0 aliphatic carbocycles. The van der Waals surface area contributed by atoms with E-state index in [1.54, 1.807) is 6.08 Å².